The molecule has 5 rings (SSSR count). The van der Waals surface area contributed by atoms with Crippen LogP contribution in [0.15, 0.2) is 53.4 Å². The molecular weight excluding hydrogens is 622 g/mol. The first-order valence-electron chi connectivity index (χ1n) is 16.7. The smallest absolute Gasteiger partial charge is 0.410 e. The summed E-state index contributed by atoms with van der Waals surface area (Å²) in [6, 6.07) is 11.7. The molecule has 2 N–H and O–H groups in total. The van der Waals surface area contributed by atoms with Crippen LogP contribution in [0.5, 0.6) is 0 Å². The maximum atomic E-state index is 12.8. The molecule has 0 spiro atoms. The highest BCUT2D eigenvalue weighted by Gasteiger charge is 2.31. The average Bonchev–Trinajstić information content (AvgIpc) is 3.56. The first-order chi connectivity index (χ1) is 23.1. The monoisotopic (exact) mass is 669 g/mol. The summed E-state index contributed by atoms with van der Waals surface area (Å²) in [4.78, 5) is 47.4. The van der Waals surface area contributed by atoms with Gasteiger partial charge in [-0.3, -0.25) is 4.79 Å². The van der Waals surface area contributed by atoms with Crippen molar-refractivity contribution in [3.05, 3.63) is 71.8 Å². The standard InChI is InChI=1S/C36H47N9O4/c1-10-25-20-44(34(47)48-36(7,8)9)15-16-45(25)26-12-14-29(37-19-26)41-30-18-28(38-21-39-30)24-11-13-27(22(2)17-24)23(3)40-31(46)32-42-33(43-49-32)35(4,5)6/h11-14,17-19,21,23,25H,10,15-16,20H2,1-9H3,(H,40,46)(H,37,38,39,41)/t23-,25+/m1/s1. The highest BCUT2D eigenvalue weighted by atomic mass is 16.6. The van der Waals surface area contributed by atoms with Crippen molar-refractivity contribution in [1.82, 2.24) is 35.3 Å². The zero-order valence-electron chi connectivity index (χ0n) is 29.9. The number of amides is 2. The third-order valence-electron chi connectivity index (χ3n) is 8.28. The summed E-state index contributed by atoms with van der Waals surface area (Å²) < 4.78 is 10.8. The Labute approximate surface area is 287 Å². The van der Waals surface area contributed by atoms with Crippen LogP contribution in [0.25, 0.3) is 11.3 Å². The van der Waals surface area contributed by atoms with Gasteiger partial charge in [-0.05, 0) is 70.4 Å². The zero-order valence-corrected chi connectivity index (χ0v) is 29.9. The lowest BCUT2D eigenvalue weighted by atomic mass is 9.96. The van der Waals surface area contributed by atoms with Crippen LogP contribution in [-0.2, 0) is 10.2 Å². The van der Waals surface area contributed by atoms with Crippen molar-refractivity contribution in [2.75, 3.05) is 29.9 Å². The quantitative estimate of drug-likeness (QED) is 0.209. The Morgan fingerprint density at radius 3 is 2.43 bits per heavy atom. The van der Waals surface area contributed by atoms with Gasteiger partial charge in [0.05, 0.1) is 23.6 Å². The predicted molar refractivity (Wildman–Crippen MR) is 188 cm³/mol. The average molecular weight is 670 g/mol. The van der Waals surface area contributed by atoms with Crippen LogP contribution in [0.3, 0.4) is 0 Å². The molecular formula is C36H47N9O4. The molecule has 1 aromatic carbocycles. The summed E-state index contributed by atoms with van der Waals surface area (Å²) in [5.74, 6) is 1.27. The highest BCUT2D eigenvalue weighted by molar-refractivity contribution is 5.89. The van der Waals surface area contributed by atoms with Crippen LogP contribution >= 0.6 is 0 Å². The molecule has 4 aromatic rings. The number of aryl methyl sites for hydroxylation is 1. The number of anilines is 3. The number of nitrogens with zero attached hydrogens (tertiary/aromatic N) is 7. The number of benzene rings is 1. The number of carbonyl (C=O) groups excluding carboxylic acids is 2. The van der Waals surface area contributed by atoms with Crippen molar-refractivity contribution in [2.24, 2.45) is 0 Å². The topological polar surface area (TPSA) is 152 Å². The van der Waals surface area contributed by atoms with Crippen LogP contribution in [0.4, 0.5) is 22.1 Å². The lowest BCUT2D eigenvalue weighted by molar-refractivity contribution is 0.0213. The molecule has 13 heteroatoms. The van der Waals surface area contributed by atoms with Gasteiger partial charge in [-0.25, -0.2) is 19.7 Å². The molecule has 260 valence electrons. The van der Waals surface area contributed by atoms with E-state index in [4.69, 9.17) is 9.26 Å². The van der Waals surface area contributed by atoms with Crippen molar-refractivity contribution >= 4 is 29.3 Å². The molecule has 2 atom stereocenters. The largest absolute Gasteiger partial charge is 0.444 e. The van der Waals surface area contributed by atoms with E-state index in [9.17, 15) is 9.59 Å². The lowest BCUT2D eigenvalue weighted by Gasteiger charge is -2.42. The number of hydrogen-bond donors (Lipinski definition) is 2. The number of ether oxygens (including phenoxy) is 1. The number of rotatable bonds is 8. The van der Waals surface area contributed by atoms with Crippen LogP contribution in [-0.4, -0.2) is 73.3 Å². The molecule has 0 radical (unpaired) electrons. The Kier molecular flexibility index (Phi) is 10.2. The van der Waals surface area contributed by atoms with Crippen LogP contribution < -0.4 is 15.5 Å². The van der Waals surface area contributed by atoms with Gasteiger partial charge in [-0.2, -0.15) is 4.98 Å². The number of aromatic nitrogens is 5. The van der Waals surface area contributed by atoms with Gasteiger partial charge in [0, 0.05) is 42.7 Å². The van der Waals surface area contributed by atoms with Crippen molar-refractivity contribution in [3.63, 3.8) is 0 Å². The molecule has 2 amide bonds. The van der Waals surface area contributed by atoms with E-state index in [0.717, 1.165) is 34.5 Å². The maximum absolute atomic E-state index is 12.8. The Balaban J connectivity index is 1.21. The van der Waals surface area contributed by atoms with Gasteiger partial charge in [-0.15, -0.1) is 0 Å². The number of pyridine rings is 1. The summed E-state index contributed by atoms with van der Waals surface area (Å²) in [5.41, 5.74) is 3.77. The Hall–Kier alpha value is -5.07. The number of nitrogens with one attached hydrogen (secondary N) is 2. The molecule has 0 aliphatic carbocycles. The van der Waals surface area contributed by atoms with Gasteiger partial charge in [0.1, 0.15) is 23.6 Å². The number of carbonyl (C=O) groups is 2. The van der Waals surface area contributed by atoms with E-state index in [1.165, 1.54) is 6.33 Å². The first kappa shape index (κ1) is 35.2. The fourth-order valence-corrected chi connectivity index (χ4v) is 5.66. The molecule has 4 heterocycles. The van der Waals surface area contributed by atoms with Crippen LogP contribution in [0.1, 0.15) is 95.5 Å². The number of piperazine rings is 1. The molecule has 0 unspecified atom stereocenters. The highest BCUT2D eigenvalue weighted by Crippen LogP contribution is 2.28. The summed E-state index contributed by atoms with van der Waals surface area (Å²) in [6.07, 6.45) is 3.98. The third kappa shape index (κ3) is 8.70. The summed E-state index contributed by atoms with van der Waals surface area (Å²) in [5, 5.41) is 10.2. The van der Waals surface area contributed by atoms with Gasteiger partial charge >= 0.3 is 17.9 Å². The van der Waals surface area contributed by atoms with Gasteiger partial charge in [0.25, 0.3) is 0 Å². The van der Waals surface area contributed by atoms with E-state index in [-0.39, 0.29) is 29.5 Å². The number of hydrogen-bond acceptors (Lipinski definition) is 11. The second-order valence-electron chi connectivity index (χ2n) is 14.4. The lowest BCUT2D eigenvalue weighted by Crippen LogP contribution is -2.55. The fourth-order valence-electron chi connectivity index (χ4n) is 5.66. The SMILES string of the molecule is CC[C@H]1CN(C(=O)OC(C)(C)C)CCN1c1ccc(Nc2cc(-c3ccc([C@@H](C)NC(=O)c4nc(C(C)(C)C)no4)c(C)c3)ncn2)nc1. The second kappa shape index (κ2) is 14.2. The van der Waals surface area contributed by atoms with E-state index in [1.807, 2.05) is 98.0 Å². The summed E-state index contributed by atoms with van der Waals surface area (Å²) in [7, 11) is 0. The minimum absolute atomic E-state index is 0.0560. The molecule has 0 bridgehead atoms. The minimum atomic E-state index is -0.523. The third-order valence-corrected chi connectivity index (χ3v) is 8.28. The molecule has 0 saturated carbocycles. The predicted octanol–water partition coefficient (Wildman–Crippen LogP) is 6.60. The van der Waals surface area contributed by atoms with E-state index in [0.29, 0.717) is 37.1 Å². The molecule has 1 aliphatic heterocycles. The first-order valence-corrected chi connectivity index (χ1v) is 16.7. The van der Waals surface area contributed by atoms with E-state index in [1.54, 1.807) is 4.90 Å². The molecule has 13 nitrogen and oxygen atoms in total. The Bertz CT molecular complexity index is 1780. The molecule has 1 aliphatic rings. The Morgan fingerprint density at radius 2 is 1.80 bits per heavy atom. The minimum Gasteiger partial charge on any atom is -0.444 e. The van der Waals surface area contributed by atoms with Gasteiger partial charge in [0.2, 0.25) is 0 Å². The normalized spacial score (nSPS) is 15.9. The van der Waals surface area contributed by atoms with Crippen molar-refractivity contribution in [2.45, 2.75) is 91.8 Å². The fraction of sp³-hybridized carbons (Fsp3) is 0.472. The van der Waals surface area contributed by atoms with E-state index >= 15 is 0 Å². The van der Waals surface area contributed by atoms with Gasteiger partial charge in [-0.1, -0.05) is 45.0 Å². The summed E-state index contributed by atoms with van der Waals surface area (Å²) >= 11 is 0. The van der Waals surface area contributed by atoms with Crippen molar-refractivity contribution in [3.8, 4) is 11.3 Å². The molecule has 49 heavy (non-hydrogen) atoms. The maximum Gasteiger partial charge on any atom is 0.410 e. The van der Waals surface area contributed by atoms with Crippen LogP contribution in [0.2, 0.25) is 0 Å². The second-order valence-corrected chi connectivity index (χ2v) is 14.4. The molecule has 1 saturated heterocycles. The Morgan fingerprint density at radius 1 is 1.02 bits per heavy atom. The van der Waals surface area contributed by atoms with Gasteiger partial charge < -0.3 is 29.7 Å². The van der Waals surface area contributed by atoms with E-state index in [2.05, 4.69) is 47.5 Å². The molecule has 1 fully saturated rings. The van der Waals surface area contributed by atoms with E-state index < -0.39 is 11.5 Å². The van der Waals surface area contributed by atoms with Crippen LogP contribution in [0, 0.1) is 6.92 Å². The van der Waals surface area contributed by atoms with Crippen molar-refractivity contribution in [1.29, 1.82) is 0 Å². The van der Waals surface area contributed by atoms with Gasteiger partial charge in [0.15, 0.2) is 5.82 Å². The molecule has 3 aromatic heterocycles. The zero-order chi connectivity index (χ0) is 35.5. The summed E-state index contributed by atoms with van der Waals surface area (Å²) in [6.45, 7) is 19.4. The van der Waals surface area contributed by atoms with Crippen molar-refractivity contribution < 1.29 is 18.8 Å².